The van der Waals surface area contributed by atoms with Gasteiger partial charge in [0.05, 0.1) is 30.9 Å². The second-order valence-electron chi connectivity index (χ2n) is 8.37. The van der Waals surface area contributed by atoms with Crippen molar-refractivity contribution in [3.8, 4) is 5.75 Å². The molecule has 2 aliphatic rings. The van der Waals surface area contributed by atoms with Gasteiger partial charge in [-0.05, 0) is 77.1 Å². The SMILES string of the molecule is CCOC(=O)C1(CCOc2ccccc2)CCN(Cc2nc3c(s2)CCCC3)CC1. The highest BCUT2D eigenvalue weighted by molar-refractivity contribution is 7.11. The summed E-state index contributed by atoms with van der Waals surface area (Å²) in [7, 11) is 0. The number of rotatable bonds is 8. The molecular formula is C24H32N2O3S. The molecule has 4 rings (SSSR count). The summed E-state index contributed by atoms with van der Waals surface area (Å²) in [6, 6.07) is 9.80. The van der Waals surface area contributed by atoms with Gasteiger partial charge < -0.3 is 9.47 Å². The van der Waals surface area contributed by atoms with Gasteiger partial charge in [0.1, 0.15) is 10.8 Å². The van der Waals surface area contributed by atoms with E-state index in [1.54, 1.807) is 0 Å². The van der Waals surface area contributed by atoms with Gasteiger partial charge in [0.2, 0.25) is 0 Å². The standard InChI is InChI=1S/C24H32N2O3S/c1-2-28-23(27)24(14-17-29-19-8-4-3-5-9-19)12-15-26(16-13-24)18-22-25-20-10-6-7-11-21(20)30-22/h3-5,8-9H,2,6-7,10-18H2,1H3. The Kier molecular flexibility index (Phi) is 7.05. The Labute approximate surface area is 183 Å². The van der Waals surface area contributed by atoms with Gasteiger partial charge in [-0.3, -0.25) is 9.69 Å². The predicted octanol–water partition coefficient (Wildman–Crippen LogP) is 4.64. The molecule has 2 aromatic rings. The smallest absolute Gasteiger partial charge is 0.312 e. The van der Waals surface area contributed by atoms with Crippen LogP contribution in [0.25, 0.3) is 0 Å². The van der Waals surface area contributed by atoms with Gasteiger partial charge in [0, 0.05) is 4.88 Å². The minimum absolute atomic E-state index is 0.0639. The maximum Gasteiger partial charge on any atom is 0.312 e. The van der Waals surface area contributed by atoms with E-state index in [1.807, 2.05) is 48.6 Å². The monoisotopic (exact) mass is 428 g/mol. The fourth-order valence-corrected chi connectivity index (χ4v) is 5.72. The van der Waals surface area contributed by atoms with E-state index >= 15 is 0 Å². The maximum atomic E-state index is 12.9. The van der Waals surface area contributed by atoms with Gasteiger partial charge in [-0.1, -0.05) is 18.2 Å². The second-order valence-corrected chi connectivity index (χ2v) is 9.54. The first-order valence-electron chi connectivity index (χ1n) is 11.2. The zero-order chi connectivity index (χ0) is 20.8. The van der Waals surface area contributed by atoms with Crippen LogP contribution in [-0.2, 0) is 28.9 Å². The number of aromatic nitrogens is 1. The summed E-state index contributed by atoms with van der Waals surface area (Å²) >= 11 is 1.89. The Morgan fingerprint density at radius 1 is 1.17 bits per heavy atom. The molecule has 30 heavy (non-hydrogen) atoms. The number of esters is 1. The van der Waals surface area contributed by atoms with Crippen LogP contribution < -0.4 is 4.74 Å². The van der Waals surface area contributed by atoms with Crippen molar-refractivity contribution >= 4 is 17.3 Å². The molecule has 1 aromatic heterocycles. The Balaban J connectivity index is 1.34. The number of hydrogen-bond acceptors (Lipinski definition) is 6. The molecule has 0 saturated carbocycles. The lowest BCUT2D eigenvalue weighted by Crippen LogP contribution is -2.45. The van der Waals surface area contributed by atoms with Crippen molar-refractivity contribution in [2.24, 2.45) is 5.41 Å². The van der Waals surface area contributed by atoms with Crippen LogP contribution in [0.3, 0.4) is 0 Å². The Hall–Kier alpha value is -1.92. The minimum Gasteiger partial charge on any atom is -0.494 e. The summed E-state index contributed by atoms with van der Waals surface area (Å²) in [6.45, 7) is 5.53. The molecule has 5 nitrogen and oxygen atoms in total. The number of ether oxygens (including phenoxy) is 2. The van der Waals surface area contributed by atoms with E-state index in [-0.39, 0.29) is 5.97 Å². The highest BCUT2D eigenvalue weighted by atomic mass is 32.1. The molecule has 0 unspecified atom stereocenters. The van der Waals surface area contributed by atoms with E-state index in [4.69, 9.17) is 14.5 Å². The summed E-state index contributed by atoms with van der Waals surface area (Å²) in [5.41, 5.74) is 0.890. The van der Waals surface area contributed by atoms with Gasteiger partial charge in [-0.15, -0.1) is 11.3 Å². The first-order valence-corrected chi connectivity index (χ1v) is 12.0. The van der Waals surface area contributed by atoms with Crippen molar-refractivity contribution in [3.63, 3.8) is 0 Å². The molecule has 0 spiro atoms. The molecule has 6 heteroatoms. The van der Waals surface area contributed by atoms with Crippen LogP contribution in [-0.4, -0.2) is 42.2 Å². The number of nitrogens with zero attached hydrogens (tertiary/aromatic N) is 2. The third-order valence-electron chi connectivity index (χ3n) is 6.36. The van der Waals surface area contributed by atoms with E-state index in [9.17, 15) is 4.79 Å². The average Bonchev–Trinajstić information content (AvgIpc) is 3.18. The normalized spacial score (nSPS) is 18.6. The maximum absolute atomic E-state index is 12.9. The highest BCUT2D eigenvalue weighted by Crippen LogP contribution is 2.37. The number of hydrogen-bond donors (Lipinski definition) is 0. The van der Waals surface area contributed by atoms with E-state index < -0.39 is 5.41 Å². The first kappa shape index (κ1) is 21.3. The van der Waals surface area contributed by atoms with Crippen molar-refractivity contribution < 1.29 is 14.3 Å². The minimum atomic E-state index is -0.441. The molecule has 0 radical (unpaired) electrons. The number of likely N-dealkylation sites (tertiary alicyclic amines) is 1. The quantitative estimate of drug-likeness (QED) is 0.574. The van der Waals surface area contributed by atoms with Crippen LogP contribution in [0.15, 0.2) is 30.3 Å². The summed E-state index contributed by atoms with van der Waals surface area (Å²) in [4.78, 5) is 21.7. The van der Waals surface area contributed by atoms with Crippen molar-refractivity contribution in [3.05, 3.63) is 45.9 Å². The van der Waals surface area contributed by atoms with Crippen LogP contribution >= 0.6 is 11.3 Å². The van der Waals surface area contributed by atoms with E-state index in [0.717, 1.165) is 44.6 Å². The summed E-state index contributed by atoms with van der Waals surface area (Å²) in [5.74, 6) is 0.785. The number of carbonyl (C=O) groups excluding carboxylic acids is 1. The van der Waals surface area contributed by atoms with Crippen molar-refractivity contribution in [1.29, 1.82) is 0 Å². The van der Waals surface area contributed by atoms with Crippen LogP contribution in [0.1, 0.15) is 54.6 Å². The van der Waals surface area contributed by atoms with E-state index in [0.29, 0.717) is 19.6 Å². The number of benzene rings is 1. The van der Waals surface area contributed by atoms with Crippen molar-refractivity contribution in [1.82, 2.24) is 9.88 Å². The van der Waals surface area contributed by atoms with Gasteiger partial charge >= 0.3 is 5.97 Å². The molecule has 0 atom stereocenters. The molecule has 2 heterocycles. The molecule has 1 aliphatic carbocycles. The Morgan fingerprint density at radius 2 is 1.93 bits per heavy atom. The molecule has 1 fully saturated rings. The highest BCUT2D eigenvalue weighted by Gasteiger charge is 2.42. The zero-order valence-electron chi connectivity index (χ0n) is 17.9. The van der Waals surface area contributed by atoms with E-state index in [2.05, 4.69) is 4.90 Å². The largest absolute Gasteiger partial charge is 0.494 e. The number of carbonyl (C=O) groups is 1. The van der Waals surface area contributed by atoms with Gasteiger partial charge in [0.15, 0.2) is 0 Å². The van der Waals surface area contributed by atoms with Gasteiger partial charge in [0.25, 0.3) is 0 Å². The lowest BCUT2D eigenvalue weighted by molar-refractivity contribution is -0.159. The molecule has 1 aliphatic heterocycles. The third-order valence-corrected chi connectivity index (χ3v) is 7.51. The third kappa shape index (κ3) is 5.03. The predicted molar refractivity (Wildman–Crippen MR) is 119 cm³/mol. The van der Waals surface area contributed by atoms with Crippen molar-refractivity contribution in [2.75, 3.05) is 26.3 Å². The Bertz CT molecular complexity index is 805. The number of piperidine rings is 1. The van der Waals surface area contributed by atoms with Crippen molar-refractivity contribution in [2.45, 2.75) is 58.4 Å². The van der Waals surface area contributed by atoms with Crippen LogP contribution in [0.2, 0.25) is 0 Å². The second kappa shape index (κ2) is 9.92. The summed E-state index contributed by atoms with van der Waals surface area (Å²) in [6.07, 6.45) is 7.22. The number of aryl methyl sites for hydroxylation is 2. The average molecular weight is 429 g/mol. The lowest BCUT2D eigenvalue weighted by atomic mass is 9.76. The molecule has 1 aromatic carbocycles. The zero-order valence-corrected chi connectivity index (χ0v) is 18.7. The number of para-hydroxylation sites is 1. The lowest BCUT2D eigenvalue weighted by Gasteiger charge is -2.39. The van der Waals surface area contributed by atoms with Crippen LogP contribution in [0, 0.1) is 5.41 Å². The van der Waals surface area contributed by atoms with Gasteiger partial charge in [-0.25, -0.2) is 4.98 Å². The van der Waals surface area contributed by atoms with Gasteiger partial charge in [-0.2, -0.15) is 0 Å². The Morgan fingerprint density at radius 3 is 2.67 bits per heavy atom. The van der Waals surface area contributed by atoms with Crippen LogP contribution in [0.4, 0.5) is 0 Å². The molecule has 0 N–H and O–H groups in total. The summed E-state index contributed by atoms with van der Waals surface area (Å²) < 4.78 is 11.4. The van der Waals surface area contributed by atoms with Crippen LogP contribution in [0.5, 0.6) is 5.75 Å². The number of thiazole rings is 1. The summed E-state index contributed by atoms with van der Waals surface area (Å²) in [5, 5.41) is 1.23. The van der Waals surface area contributed by atoms with E-state index in [1.165, 1.54) is 34.8 Å². The fraction of sp³-hybridized carbons (Fsp3) is 0.583. The topological polar surface area (TPSA) is 51.7 Å². The molecule has 0 bridgehead atoms. The molecular weight excluding hydrogens is 396 g/mol. The fourth-order valence-electron chi connectivity index (χ4n) is 4.52. The molecule has 1 saturated heterocycles. The molecule has 162 valence electrons. The molecule has 0 amide bonds. The number of fused-ring (bicyclic) bond motifs is 1. The first-order chi connectivity index (χ1) is 14.7.